The van der Waals surface area contributed by atoms with Crippen molar-refractivity contribution in [2.24, 2.45) is 52.3 Å². The first-order chi connectivity index (χ1) is 15.2. The minimum atomic E-state index is -0.394. The summed E-state index contributed by atoms with van der Waals surface area (Å²) in [5, 5.41) is 31.1. The van der Waals surface area contributed by atoms with Gasteiger partial charge in [0.05, 0.1) is 18.8 Å². The molecule has 0 bridgehead atoms. The number of fused-ring (bicyclic) bond motifs is 3. The van der Waals surface area contributed by atoms with Gasteiger partial charge in [0.15, 0.2) is 5.79 Å². The normalized spacial score (nSPS) is 58.0. The van der Waals surface area contributed by atoms with Crippen molar-refractivity contribution in [1.82, 2.24) is 0 Å². The van der Waals surface area contributed by atoms with E-state index < -0.39 is 5.79 Å². The molecule has 3 aliphatic carbocycles. The predicted octanol–water partition coefficient (Wildman–Crippen LogP) is 3.98. The molecule has 5 rings (SSSR count). The topological polar surface area (TPSA) is 79.2 Å². The average Bonchev–Trinajstić information content (AvgIpc) is 3.21. The molecule has 184 valence electrons. The monoisotopic (exact) mass is 450 g/mol. The highest BCUT2D eigenvalue weighted by Gasteiger charge is 2.68. The molecule has 0 amide bonds. The van der Waals surface area contributed by atoms with Crippen molar-refractivity contribution >= 4 is 0 Å². The van der Waals surface area contributed by atoms with E-state index in [1.807, 2.05) is 0 Å². The second-order valence-electron chi connectivity index (χ2n) is 12.9. The first-order valence-corrected chi connectivity index (χ1v) is 13.4. The number of aliphatic hydroxyl groups is 3. The van der Waals surface area contributed by atoms with Crippen molar-refractivity contribution < 1.29 is 24.8 Å². The van der Waals surface area contributed by atoms with E-state index in [1.54, 1.807) is 0 Å². The molecule has 2 saturated heterocycles. The van der Waals surface area contributed by atoms with Crippen LogP contribution < -0.4 is 0 Å². The Labute approximate surface area is 194 Å². The third-order valence-corrected chi connectivity index (χ3v) is 11.5. The summed E-state index contributed by atoms with van der Waals surface area (Å²) in [5.41, 5.74) is 0.153. The van der Waals surface area contributed by atoms with Gasteiger partial charge in [-0.3, -0.25) is 0 Å². The lowest BCUT2D eigenvalue weighted by atomic mass is 9.48. The maximum absolute atomic E-state index is 10.7. The molecular formula is C27H46O5. The van der Waals surface area contributed by atoms with E-state index in [9.17, 15) is 15.3 Å². The van der Waals surface area contributed by atoms with E-state index >= 15 is 0 Å². The van der Waals surface area contributed by atoms with E-state index in [0.717, 1.165) is 45.1 Å². The Morgan fingerprint density at radius 3 is 2.28 bits per heavy atom. The van der Waals surface area contributed by atoms with Crippen LogP contribution in [0.3, 0.4) is 0 Å². The summed E-state index contributed by atoms with van der Waals surface area (Å²) < 4.78 is 13.2. The molecule has 2 unspecified atom stereocenters. The largest absolute Gasteiger partial charge is 0.396 e. The molecule has 0 aromatic carbocycles. The summed E-state index contributed by atoms with van der Waals surface area (Å²) in [4.78, 5) is 0. The summed E-state index contributed by atoms with van der Waals surface area (Å²) in [6.45, 7) is 10.6. The zero-order valence-electron chi connectivity index (χ0n) is 20.6. The summed E-state index contributed by atoms with van der Waals surface area (Å²) in [6.07, 6.45) is 7.85. The van der Waals surface area contributed by atoms with Crippen molar-refractivity contribution in [3.63, 3.8) is 0 Å². The van der Waals surface area contributed by atoms with Crippen LogP contribution in [0.25, 0.3) is 0 Å². The zero-order valence-corrected chi connectivity index (χ0v) is 20.6. The lowest BCUT2D eigenvalue weighted by Crippen LogP contribution is -2.54. The molecule has 12 atom stereocenters. The summed E-state index contributed by atoms with van der Waals surface area (Å²) in [7, 11) is 0. The van der Waals surface area contributed by atoms with Gasteiger partial charge >= 0.3 is 0 Å². The van der Waals surface area contributed by atoms with Crippen LogP contribution in [0.15, 0.2) is 0 Å². The minimum absolute atomic E-state index is 0.0171. The van der Waals surface area contributed by atoms with Gasteiger partial charge in [-0.2, -0.15) is 0 Å². The van der Waals surface area contributed by atoms with Crippen LogP contribution in [0, 0.1) is 52.3 Å². The second kappa shape index (κ2) is 8.19. The molecule has 3 saturated carbocycles. The SMILES string of the molecule is CC1CC[C@@]2(OC1)O[C@H]1C[C@H]3[C@H](CO)[C@@H]([C@@]4(C)CC[C@H](O)C[C@@H]4CO)CC[C@]3(C)C1[C@@H]2C. The van der Waals surface area contributed by atoms with Gasteiger partial charge in [-0.15, -0.1) is 0 Å². The first kappa shape index (κ1) is 23.5. The second-order valence-corrected chi connectivity index (χ2v) is 12.9. The van der Waals surface area contributed by atoms with E-state index in [-0.39, 0.29) is 48.1 Å². The van der Waals surface area contributed by atoms with Crippen molar-refractivity contribution in [2.45, 2.75) is 97.1 Å². The van der Waals surface area contributed by atoms with Gasteiger partial charge in [-0.05, 0) is 91.3 Å². The Morgan fingerprint density at radius 2 is 1.62 bits per heavy atom. The van der Waals surface area contributed by atoms with Crippen LogP contribution in [0.5, 0.6) is 0 Å². The third kappa shape index (κ3) is 3.28. The average molecular weight is 451 g/mol. The quantitative estimate of drug-likeness (QED) is 0.606. The Kier molecular flexibility index (Phi) is 6.02. The molecule has 5 heteroatoms. The van der Waals surface area contributed by atoms with Gasteiger partial charge in [-0.1, -0.05) is 27.7 Å². The number of rotatable bonds is 3. The van der Waals surface area contributed by atoms with Crippen molar-refractivity contribution in [3.8, 4) is 0 Å². The smallest absolute Gasteiger partial charge is 0.171 e. The fourth-order valence-electron chi connectivity index (χ4n) is 9.55. The van der Waals surface area contributed by atoms with E-state index in [2.05, 4.69) is 27.7 Å². The lowest BCUT2D eigenvalue weighted by Gasteiger charge is -2.57. The Bertz CT molecular complexity index is 690. The van der Waals surface area contributed by atoms with E-state index in [0.29, 0.717) is 36.0 Å². The molecule has 1 spiro atoms. The van der Waals surface area contributed by atoms with Gasteiger partial charge in [0, 0.05) is 25.6 Å². The van der Waals surface area contributed by atoms with Crippen LogP contribution >= 0.6 is 0 Å². The van der Waals surface area contributed by atoms with E-state index in [4.69, 9.17) is 9.47 Å². The standard InChI is InChI=1S/C27H46O5/c1-16-5-10-27(31-15-16)17(2)24-23(32-27)12-22-20(14-29)21(7-9-26(22,24)4)25(3)8-6-19(30)11-18(25)13-28/h16-24,28-30H,5-15H2,1-4H3/t16?,17-,18+,19-,20+,21-,22-,23-,24?,25-,26-,27+/m0/s1. The molecular weight excluding hydrogens is 404 g/mol. The Hall–Kier alpha value is -0.200. The molecule has 2 heterocycles. The Balaban J connectivity index is 1.40. The molecule has 0 radical (unpaired) electrons. The van der Waals surface area contributed by atoms with Crippen LogP contribution in [0.2, 0.25) is 0 Å². The van der Waals surface area contributed by atoms with Gasteiger partial charge in [-0.25, -0.2) is 0 Å². The molecule has 0 aromatic rings. The molecule has 5 aliphatic rings. The minimum Gasteiger partial charge on any atom is -0.396 e. The molecule has 0 aromatic heterocycles. The van der Waals surface area contributed by atoms with Gasteiger partial charge in [0.1, 0.15) is 0 Å². The summed E-state index contributed by atoms with van der Waals surface area (Å²) in [6, 6.07) is 0. The fraction of sp³-hybridized carbons (Fsp3) is 1.00. The maximum atomic E-state index is 10.7. The highest BCUT2D eigenvalue weighted by Crippen LogP contribution is 2.69. The van der Waals surface area contributed by atoms with Crippen molar-refractivity contribution in [2.75, 3.05) is 19.8 Å². The molecule has 32 heavy (non-hydrogen) atoms. The lowest BCUT2D eigenvalue weighted by molar-refractivity contribution is -0.273. The van der Waals surface area contributed by atoms with Gasteiger partial charge in [0.2, 0.25) is 0 Å². The van der Waals surface area contributed by atoms with E-state index in [1.165, 1.54) is 6.42 Å². The predicted molar refractivity (Wildman–Crippen MR) is 123 cm³/mol. The maximum Gasteiger partial charge on any atom is 0.171 e. The number of hydrogen-bond acceptors (Lipinski definition) is 5. The van der Waals surface area contributed by atoms with Crippen molar-refractivity contribution in [3.05, 3.63) is 0 Å². The van der Waals surface area contributed by atoms with Gasteiger partial charge in [0.25, 0.3) is 0 Å². The summed E-state index contributed by atoms with van der Waals surface area (Å²) in [5.74, 6) is 2.30. The third-order valence-electron chi connectivity index (χ3n) is 11.5. The first-order valence-electron chi connectivity index (χ1n) is 13.4. The van der Waals surface area contributed by atoms with Crippen LogP contribution in [-0.4, -0.2) is 53.1 Å². The van der Waals surface area contributed by atoms with Crippen molar-refractivity contribution in [1.29, 1.82) is 0 Å². The number of aliphatic hydroxyl groups excluding tert-OH is 3. The molecule has 5 nitrogen and oxygen atoms in total. The van der Waals surface area contributed by atoms with Crippen LogP contribution in [-0.2, 0) is 9.47 Å². The number of hydrogen-bond donors (Lipinski definition) is 3. The molecule has 5 fully saturated rings. The summed E-state index contributed by atoms with van der Waals surface area (Å²) >= 11 is 0. The van der Waals surface area contributed by atoms with Gasteiger partial charge < -0.3 is 24.8 Å². The molecule has 2 aliphatic heterocycles. The van der Waals surface area contributed by atoms with Crippen LogP contribution in [0.1, 0.15) is 79.1 Å². The Morgan fingerprint density at radius 1 is 0.875 bits per heavy atom. The highest BCUT2D eigenvalue weighted by atomic mass is 16.7. The highest BCUT2D eigenvalue weighted by molar-refractivity contribution is 5.14. The number of ether oxygens (including phenoxy) is 2. The van der Waals surface area contributed by atoms with Crippen LogP contribution in [0.4, 0.5) is 0 Å². The zero-order chi connectivity index (χ0) is 22.9. The fourth-order valence-corrected chi connectivity index (χ4v) is 9.55. The molecule has 3 N–H and O–H groups in total.